The molecule has 0 aliphatic heterocycles. The van der Waals surface area contributed by atoms with Gasteiger partial charge in [0.15, 0.2) is 0 Å². The Balaban J connectivity index is 2.03. The van der Waals surface area contributed by atoms with Crippen LogP contribution in [0.25, 0.3) is 0 Å². The quantitative estimate of drug-likeness (QED) is 0.753. The number of hydrogen-bond acceptors (Lipinski definition) is 2. The Bertz CT molecular complexity index is 309. The van der Waals surface area contributed by atoms with E-state index >= 15 is 0 Å². The summed E-state index contributed by atoms with van der Waals surface area (Å²) in [7, 11) is 0. The molecule has 2 rings (SSSR count). The lowest BCUT2D eigenvalue weighted by atomic mass is 9.96. The van der Waals surface area contributed by atoms with Gasteiger partial charge in [-0.15, -0.1) is 0 Å². The van der Waals surface area contributed by atoms with Gasteiger partial charge in [-0.1, -0.05) is 18.6 Å². The predicted octanol–water partition coefficient (Wildman–Crippen LogP) is 2.10. The number of aliphatic hydroxyl groups is 1. The van der Waals surface area contributed by atoms with Crippen molar-refractivity contribution in [2.24, 2.45) is 5.92 Å². The van der Waals surface area contributed by atoms with E-state index in [0.717, 1.165) is 31.2 Å². The minimum Gasteiger partial charge on any atom is -0.508 e. The highest BCUT2D eigenvalue weighted by molar-refractivity contribution is 5.27. The molecular weight excluding hydrogens is 176 g/mol. The first-order valence-corrected chi connectivity index (χ1v) is 5.21. The van der Waals surface area contributed by atoms with Gasteiger partial charge in [0, 0.05) is 0 Å². The molecule has 2 nitrogen and oxygen atoms in total. The van der Waals surface area contributed by atoms with E-state index in [2.05, 4.69) is 0 Å². The van der Waals surface area contributed by atoms with Crippen LogP contribution in [0.3, 0.4) is 0 Å². The highest BCUT2D eigenvalue weighted by Crippen LogP contribution is 2.29. The van der Waals surface area contributed by atoms with E-state index in [4.69, 9.17) is 0 Å². The average Bonchev–Trinajstić information content (AvgIpc) is 2.52. The molecule has 1 aliphatic rings. The van der Waals surface area contributed by atoms with Crippen molar-refractivity contribution in [1.82, 2.24) is 0 Å². The van der Waals surface area contributed by atoms with E-state index < -0.39 is 0 Å². The van der Waals surface area contributed by atoms with Gasteiger partial charge in [-0.05, 0) is 42.9 Å². The molecule has 1 aromatic rings. The van der Waals surface area contributed by atoms with E-state index in [1.165, 1.54) is 0 Å². The molecule has 2 atom stereocenters. The molecule has 1 aliphatic carbocycles. The Labute approximate surface area is 84.2 Å². The second-order valence-corrected chi connectivity index (χ2v) is 4.13. The fraction of sp³-hybridized carbons (Fsp3) is 0.500. The van der Waals surface area contributed by atoms with E-state index in [9.17, 15) is 10.2 Å². The normalized spacial score (nSPS) is 26.6. The average molecular weight is 192 g/mol. The fourth-order valence-corrected chi connectivity index (χ4v) is 2.24. The van der Waals surface area contributed by atoms with Gasteiger partial charge in [-0.25, -0.2) is 0 Å². The molecule has 1 fully saturated rings. The largest absolute Gasteiger partial charge is 0.508 e. The monoisotopic (exact) mass is 192 g/mol. The van der Waals surface area contributed by atoms with Crippen molar-refractivity contribution in [2.45, 2.75) is 31.8 Å². The molecule has 0 spiro atoms. The molecule has 2 unspecified atom stereocenters. The topological polar surface area (TPSA) is 40.5 Å². The van der Waals surface area contributed by atoms with E-state index in [1.54, 1.807) is 12.1 Å². The minimum absolute atomic E-state index is 0.141. The van der Waals surface area contributed by atoms with Crippen LogP contribution in [0.5, 0.6) is 5.75 Å². The number of phenolic OH excluding ortho intramolecular Hbond substituents is 1. The first-order valence-electron chi connectivity index (χ1n) is 5.21. The van der Waals surface area contributed by atoms with Crippen LogP contribution in [-0.4, -0.2) is 16.3 Å². The number of aliphatic hydroxyl groups excluding tert-OH is 1. The number of phenols is 1. The maximum absolute atomic E-state index is 9.66. The summed E-state index contributed by atoms with van der Waals surface area (Å²) in [6.07, 6.45) is 3.91. The summed E-state index contributed by atoms with van der Waals surface area (Å²) in [6.45, 7) is 0. The molecule has 0 amide bonds. The summed E-state index contributed by atoms with van der Waals surface area (Å²) in [5, 5.41) is 18.9. The standard InChI is InChI=1S/C12H16O2/c13-11-5-1-3-9(8-11)7-10-4-2-6-12(10)14/h1,3,5,8,10,12-14H,2,4,6-7H2. The third-order valence-electron chi connectivity index (χ3n) is 3.03. The predicted molar refractivity (Wildman–Crippen MR) is 55.2 cm³/mol. The summed E-state index contributed by atoms with van der Waals surface area (Å²) in [4.78, 5) is 0. The SMILES string of the molecule is Oc1cccc(CC2CCCC2O)c1. The lowest BCUT2D eigenvalue weighted by molar-refractivity contribution is 0.132. The zero-order valence-corrected chi connectivity index (χ0v) is 8.19. The molecule has 76 valence electrons. The number of benzene rings is 1. The van der Waals surface area contributed by atoms with Crippen molar-refractivity contribution < 1.29 is 10.2 Å². The molecule has 0 aromatic heterocycles. The van der Waals surface area contributed by atoms with Crippen LogP contribution in [-0.2, 0) is 6.42 Å². The molecule has 0 bridgehead atoms. The molecule has 14 heavy (non-hydrogen) atoms. The molecule has 2 N–H and O–H groups in total. The third-order valence-corrected chi connectivity index (χ3v) is 3.03. The summed E-state index contributed by atoms with van der Waals surface area (Å²) < 4.78 is 0. The number of rotatable bonds is 2. The van der Waals surface area contributed by atoms with E-state index in [0.29, 0.717) is 11.7 Å². The van der Waals surface area contributed by atoms with Crippen LogP contribution >= 0.6 is 0 Å². The van der Waals surface area contributed by atoms with E-state index in [-0.39, 0.29) is 6.10 Å². The van der Waals surface area contributed by atoms with Gasteiger partial charge in [-0.3, -0.25) is 0 Å². The van der Waals surface area contributed by atoms with Crippen molar-refractivity contribution in [3.8, 4) is 5.75 Å². The molecule has 1 saturated carbocycles. The van der Waals surface area contributed by atoms with Crippen molar-refractivity contribution in [3.05, 3.63) is 29.8 Å². The van der Waals surface area contributed by atoms with Crippen LogP contribution in [0.4, 0.5) is 0 Å². The number of aromatic hydroxyl groups is 1. The van der Waals surface area contributed by atoms with Crippen molar-refractivity contribution >= 4 is 0 Å². The summed E-state index contributed by atoms with van der Waals surface area (Å²) in [5.74, 6) is 0.701. The summed E-state index contributed by atoms with van der Waals surface area (Å²) in [5.41, 5.74) is 1.12. The molecular formula is C12H16O2. The maximum Gasteiger partial charge on any atom is 0.115 e. The van der Waals surface area contributed by atoms with Gasteiger partial charge in [-0.2, -0.15) is 0 Å². The van der Waals surface area contributed by atoms with Crippen molar-refractivity contribution in [3.63, 3.8) is 0 Å². The second-order valence-electron chi connectivity index (χ2n) is 4.13. The Morgan fingerprint density at radius 1 is 1.29 bits per heavy atom. The number of hydrogen-bond donors (Lipinski definition) is 2. The first-order chi connectivity index (χ1) is 6.75. The van der Waals surface area contributed by atoms with Gasteiger partial charge in [0.25, 0.3) is 0 Å². The maximum atomic E-state index is 9.66. The Kier molecular flexibility index (Phi) is 2.73. The fourth-order valence-electron chi connectivity index (χ4n) is 2.24. The van der Waals surface area contributed by atoms with Gasteiger partial charge in [0.1, 0.15) is 5.75 Å². The highest BCUT2D eigenvalue weighted by Gasteiger charge is 2.24. The van der Waals surface area contributed by atoms with Gasteiger partial charge in [0.05, 0.1) is 6.10 Å². The van der Waals surface area contributed by atoms with E-state index in [1.807, 2.05) is 12.1 Å². The van der Waals surface area contributed by atoms with Gasteiger partial charge >= 0.3 is 0 Å². The minimum atomic E-state index is -0.141. The Morgan fingerprint density at radius 3 is 2.79 bits per heavy atom. The van der Waals surface area contributed by atoms with Crippen molar-refractivity contribution in [1.29, 1.82) is 0 Å². The zero-order chi connectivity index (χ0) is 9.97. The van der Waals surface area contributed by atoms with Crippen LogP contribution in [0, 0.1) is 5.92 Å². The van der Waals surface area contributed by atoms with Crippen LogP contribution in [0.2, 0.25) is 0 Å². The molecule has 2 heteroatoms. The molecule has 0 heterocycles. The third kappa shape index (κ3) is 2.07. The lowest BCUT2D eigenvalue weighted by Gasteiger charge is -2.14. The molecule has 1 aromatic carbocycles. The van der Waals surface area contributed by atoms with Crippen molar-refractivity contribution in [2.75, 3.05) is 0 Å². The summed E-state index contributed by atoms with van der Waals surface area (Å²) >= 11 is 0. The highest BCUT2D eigenvalue weighted by atomic mass is 16.3. The van der Waals surface area contributed by atoms with Crippen LogP contribution < -0.4 is 0 Å². The van der Waals surface area contributed by atoms with Crippen LogP contribution in [0.1, 0.15) is 24.8 Å². The van der Waals surface area contributed by atoms with Crippen LogP contribution in [0.15, 0.2) is 24.3 Å². The molecule has 0 saturated heterocycles. The lowest BCUT2D eigenvalue weighted by Crippen LogP contribution is -2.15. The second kappa shape index (κ2) is 4.01. The smallest absolute Gasteiger partial charge is 0.115 e. The Hall–Kier alpha value is -1.02. The van der Waals surface area contributed by atoms with Gasteiger partial charge < -0.3 is 10.2 Å². The molecule has 0 radical (unpaired) electrons. The Morgan fingerprint density at radius 2 is 2.14 bits per heavy atom. The van der Waals surface area contributed by atoms with Gasteiger partial charge in [0.2, 0.25) is 0 Å². The summed E-state index contributed by atoms with van der Waals surface area (Å²) in [6, 6.07) is 7.32. The zero-order valence-electron chi connectivity index (χ0n) is 8.19. The first kappa shape index (κ1) is 9.53.